The van der Waals surface area contributed by atoms with Crippen molar-refractivity contribution in [2.45, 2.75) is 71.1 Å². The van der Waals surface area contributed by atoms with Gasteiger partial charge in [0.15, 0.2) is 5.43 Å². The third-order valence-corrected chi connectivity index (χ3v) is 5.00. The molecule has 0 aliphatic carbocycles. The van der Waals surface area contributed by atoms with Crippen LogP contribution in [0.25, 0.3) is 0 Å². The molecule has 0 N–H and O–H groups in total. The quantitative estimate of drug-likeness (QED) is 0.261. The predicted octanol–water partition coefficient (Wildman–Crippen LogP) is 6.57. The van der Waals surface area contributed by atoms with Gasteiger partial charge in [0.2, 0.25) is 0 Å². The number of benzene rings is 1. The maximum atomic E-state index is 12.2. The summed E-state index contributed by atoms with van der Waals surface area (Å²) in [6.07, 6.45) is 13.0. The molecule has 4 heteroatoms. The summed E-state index contributed by atoms with van der Waals surface area (Å²) in [4.78, 5) is 23.5. The number of carbonyl (C=O) groups excluding carboxylic acids is 1. The molecule has 4 nitrogen and oxygen atoms in total. The number of rotatable bonds is 14. The second-order valence-corrected chi connectivity index (χ2v) is 7.61. The zero-order valence-electron chi connectivity index (χ0n) is 18.1. The highest BCUT2D eigenvalue weighted by molar-refractivity contribution is 5.91. The van der Waals surface area contributed by atoms with Gasteiger partial charge in [-0.25, -0.2) is 4.79 Å². The molecule has 0 saturated heterocycles. The predicted molar refractivity (Wildman–Crippen MR) is 121 cm³/mol. The molecule has 0 unspecified atom stereocenters. The molecule has 0 saturated carbocycles. The number of hydrogen-bond donors (Lipinski definition) is 0. The van der Waals surface area contributed by atoms with Crippen LogP contribution in [-0.2, 0) is 0 Å². The van der Waals surface area contributed by atoms with Gasteiger partial charge < -0.3 is 9.47 Å². The van der Waals surface area contributed by atoms with Gasteiger partial charge in [0.05, 0.1) is 12.2 Å². The lowest BCUT2D eigenvalue weighted by molar-refractivity contribution is 0.0735. The van der Waals surface area contributed by atoms with Crippen LogP contribution in [0.3, 0.4) is 0 Å². The first-order valence-electron chi connectivity index (χ1n) is 11.2. The Kier molecular flexibility index (Phi) is 11.3. The highest BCUT2D eigenvalue weighted by Gasteiger charge is 2.08. The van der Waals surface area contributed by atoms with E-state index in [0.717, 1.165) is 12.2 Å². The Morgan fingerprint density at radius 1 is 0.700 bits per heavy atom. The van der Waals surface area contributed by atoms with E-state index in [2.05, 4.69) is 6.92 Å². The van der Waals surface area contributed by atoms with Crippen molar-refractivity contribution in [2.75, 3.05) is 6.61 Å². The molecule has 0 amide bonds. The molecule has 0 atom stereocenters. The van der Waals surface area contributed by atoms with Crippen molar-refractivity contribution in [3.05, 3.63) is 70.4 Å². The van der Waals surface area contributed by atoms with E-state index in [4.69, 9.17) is 9.47 Å². The zero-order valence-corrected chi connectivity index (χ0v) is 18.1. The van der Waals surface area contributed by atoms with E-state index in [1.54, 1.807) is 36.4 Å². The largest absolute Gasteiger partial charge is 0.494 e. The number of esters is 1. The van der Waals surface area contributed by atoms with Crippen LogP contribution >= 0.6 is 0 Å². The van der Waals surface area contributed by atoms with Crippen LogP contribution in [0.2, 0.25) is 0 Å². The molecule has 0 aromatic heterocycles. The number of unbranched alkanes of at least 4 members (excludes halogenated alkanes) is 9. The van der Waals surface area contributed by atoms with Crippen molar-refractivity contribution in [2.24, 2.45) is 0 Å². The molecule has 2 rings (SSSR count). The fraction of sp³-hybridized carbons (Fsp3) is 0.462. The minimum absolute atomic E-state index is 0.138. The van der Waals surface area contributed by atoms with Crippen LogP contribution < -0.4 is 14.9 Å². The fourth-order valence-corrected chi connectivity index (χ4v) is 3.21. The smallest absolute Gasteiger partial charge is 0.343 e. The Labute approximate surface area is 180 Å². The standard InChI is InChI=1S/C26H34O4/c1-2-3-4-5-6-7-8-9-10-11-21-29-24-18-15-22(16-19-24)26(28)30-25-14-12-13-23(27)17-20-25/h12-20H,2-11,21H2,1H3. The third-order valence-electron chi connectivity index (χ3n) is 5.00. The molecule has 0 aliphatic heterocycles. The summed E-state index contributed by atoms with van der Waals surface area (Å²) in [5.74, 6) is 0.628. The molecular formula is C26H34O4. The number of ether oxygens (including phenoxy) is 2. The molecule has 0 fully saturated rings. The second-order valence-electron chi connectivity index (χ2n) is 7.61. The molecule has 0 bridgehead atoms. The summed E-state index contributed by atoms with van der Waals surface area (Å²) < 4.78 is 11.1. The summed E-state index contributed by atoms with van der Waals surface area (Å²) in [7, 11) is 0. The summed E-state index contributed by atoms with van der Waals surface area (Å²) in [6, 6.07) is 14.4. The Morgan fingerprint density at radius 2 is 1.30 bits per heavy atom. The van der Waals surface area contributed by atoms with E-state index < -0.39 is 5.97 Å². The third kappa shape index (κ3) is 9.73. The van der Waals surface area contributed by atoms with Crippen LogP contribution in [0.1, 0.15) is 81.5 Å². The second kappa shape index (κ2) is 14.4. The van der Waals surface area contributed by atoms with Gasteiger partial charge in [-0.1, -0.05) is 70.8 Å². The molecule has 0 aliphatic rings. The van der Waals surface area contributed by atoms with Gasteiger partial charge in [0.25, 0.3) is 0 Å². The van der Waals surface area contributed by atoms with Crippen LogP contribution in [0.4, 0.5) is 0 Å². The van der Waals surface area contributed by atoms with Gasteiger partial charge in [0.1, 0.15) is 11.5 Å². The van der Waals surface area contributed by atoms with Crippen molar-refractivity contribution >= 4 is 5.97 Å². The molecule has 30 heavy (non-hydrogen) atoms. The van der Waals surface area contributed by atoms with Crippen molar-refractivity contribution in [3.8, 4) is 11.5 Å². The van der Waals surface area contributed by atoms with E-state index >= 15 is 0 Å². The number of hydrogen-bond acceptors (Lipinski definition) is 4. The molecule has 2 aromatic carbocycles. The average Bonchev–Trinajstić information content (AvgIpc) is 2.96. The van der Waals surface area contributed by atoms with Crippen LogP contribution in [0.15, 0.2) is 59.4 Å². The topological polar surface area (TPSA) is 52.6 Å². The summed E-state index contributed by atoms with van der Waals surface area (Å²) in [5, 5.41) is 0. The van der Waals surface area contributed by atoms with Gasteiger partial charge in [-0.15, -0.1) is 0 Å². The van der Waals surface area contributed by atoms with Crippen molar-refractivity contribution < 1.29 is 14.3 Å². The highest BCUT2D eigenvalue weighted by Crippen LogP contribution is 2.16. The SMILES string of the molecule is CCCCCCCCCCCCOc1ccc(C(=O)Oc2cccc(=O)cc2)cc1. The van der Waals surface area contributed by atoms with Gasteiger partial charge in [-0.3, -0.25) is 4.79 Å². The van der Waals surface area contributed by atoms with Gasteiger partial charge in [-0.2, -0.15) is 0 Å². The van der Waals surface area contributed by atoms with Gasteiger partial charge in [-0.05, 0) is 55.0 Å². The maximum absolute atomic E-state index is 12.2. The molecule has 0 heterocycles. The average molecular weight is 411 g/mol. The Bertz CT molecular complexity index is 799. The van der Waals surface area contributed by atoms with Crippen molar-refractivity contribution in [1.82, 2.24) is 0 Å². The molecule has 2 aromatic rings. The van der Waals surface area contributed by atoms with E-state index in [-0.39, 0.29) is 5.43 Å². The summed E-state index contributed by atoms with van der Waals surface area (Å²) in [6.45, 7) is 2.95. The minimum Gasteiger partial charge on any atom is -0.494 e. The normalized spacial score (nSPS) is 10.6. The van der Waals surface area contributed by atoms with Crippen LogP contribution in [-0.4, -0.2) is 12.6 Å². The number of carbonyl (C=O) groups is 1. The lowest BCUT2D eigenvalue weighted by Crippen LogP contribution is -2.08. The Hall–Kier alpha value is -2.62. The molecule has 0 spiro atoms. The van der Waals surface area contributed by atoms with E-state index in [0.29, 0.717) is 17.9 Å². The first kappa shape index (κ1) is 23.7. The van der Waals surface area contributed by atoms with Crippen molar-refractivity contribution in [3.63, 3.8) is 0 Å². The first-order valence-corrected chi connectivity index (χ1v) is 11.2. The molecule has 162 valence electrons. The first-order chi connectivity index (χ1) is 14.7. The lowest BCUT2D eigenvalue weighted by atomic mass is 10.1. The summed E-state index contributed by atoms with van der Waals surface area (Å²) >= 11 is 0. The monoisotopic (exact) mass is 410 g/mol. The Balaban J connectivity index is 1.61. The summed E-state index contributed by atoms with van der Waals surface area (Å²) in [5.41, 5.74) is 0.302. The fourth-order valence-electron chi connectivity index (χ4n) is 3.21. The van der Waals surface area contributed by atoms with Gasteiger partial charge in [0, 0.05) is 0 Å². The molecule has 0 radical (unpaired) electrons. The zero-order chi connectivity index (χ0) is 21.4. The van der Waals surface area contributed by atoms with Gasteiger partial charge >= 0.3 is 5.97 Å². The van der Waals surface area contributed by atoms with E-state index in [9.17, 15) is 9.59 Å². The van der Waals surface area contributed by atoms with E-state index in [1.807, 2.05) is 0 Å². The van der Waals surface area contributed by atoms with Crippen LogP contribution in [0, 0.1) is 0 Å². The lowest BCUT2D eigenvalue weighted by Gasteiger charge is -2.07. The Morgan fingerprint density at radius 3 is 1.97 bits per heavy atom. The van der Waals surface area contributed by atoms with Crippen LogP contribution in [0.5, 0.6) is 11.5 Å². The van der Waals surface area contributed by atoms with E-state index in [1.165, 1.54) is 76.0 Å². The maximum Gasteiger partial charge on any atom is 0.343 e. The minimum atomic E-state index is -0.463. The highest BCUT2D eigenvalue weighted by atomic mass is 16.5. The molecular weight excluding hydrogens is 376 g/mol. The van der Waals surface area contributed by atoms with Crippen molar-refractivity contribution in [1.29, 1.82) is 0 Å².